The Balaban J connectivity index is 1.77. The van der Waals surface area contributed by atoms with Crippen molar-refractivity contribution in [2.24, 2.45) is 4.99 Å². The summed E-state index contributed by atoms with van der Waals surface area (Å²) in [6.45, 7) is 1.84. The monoisotopic (exact) mass is 492 g/mol. The molecule has 3 heterocycles. The molecule has 4 N–H and O–H groups in total. The van der Waals surface area contributed by atoms with Crippen molar-refractivity contribution in [1.29, 1.82) is 0 Å². The van der Waals surface area contributed by atoms with E-state index in [4.69, 9.17) is 0 Å². The summed E-state index contributed by atoms with van der Waals surface area (Å²) in [6.07, 6.45) is -0.948. The first-order chi connectivity index (χ1) is 14.8. The van der Waals surface area contributed by atoms with Gasteiger partial charge in [0, 0.05) is 29.0 Å². The largest absolute Gasteiger partial charge is 0.419 e. The lowest BCUT2D eigenvalue weighted by molar-refractivity contribution is -0.105. The normalized spacial score (nSPS) is 16.4. The third-order valence-corrected chi connectivity index (χ3v) is 5.51. The number of aromatic nitrogens is 2. The molecule has 3 aromatic rings. The third kappa shape index (κ3) is 4.13. The topological polar surface area (TPSA) is 94.2 Å². The van der Waals surface area contributed by atoms with Gasteiger partial charge in [0.05, 0.1) is 38.8 Å². The smallest absolute Gasteiger partial charge is 0.360 e. The van der Waals surface area contributed by atoms with Crippen LogP contribution in [0.15, 0.2) is 57.9 Å². The van der Waals surface area contributed by atoms with Gasteiger partial charge in [0.2, 0.25) is 6.41 Å². The van der Waals surface area contributed by atoms with Crippen LogP contribution in [0.4, 0.5) is 24.5 Å². The number of fused-ring (bicyclic) bond motifs is 1. The number of aromatic amines is 1. The van der Waals surface area contributed by atoms with E-state index in [0.717, 1.165) is 11.9 Å². The maximum Gasteiger partial charge on any atom is 0.419 e. The number of H-pyrrole nitrogens is 1. The lowest BCUT2D eigenvalue weighted by atomic mass is 10.0. The summed E-state index contributed by atoms with van der Waals surface area (Å²) in [7, 11) is 0. The van der Waals surface area contributed by atoms with Gasteiger partial charge in [0.25, 0.3) is 0 Å². The predicted molar refractivity (Wildman–Crippen MR) is 116 cm³/mol. The van der Waals surface area contributed by atoms with Gasteiger partial charge in [-0.2, -0.15) is 13.2 Å². The summed E-state index contributed by atoms with van der Waals surface area (Å²) in [4.78, 5) is 22.2. The van der Waals surface area contributed by atoms with Gasteiger partial charge in [-0.05, 0) is 41.1 Å². The minimum Gasteiger partial charge on any atom is -0.360 e. The fourth-order valence-corrected chi connectivity index (χ4v) is 3.79. The molecule has 0 saturated heterocycles. The first-order valence-corrected chi connectivity index (χ1v) is 9.88. The van der Waals surface area contributed by atoms with E-state index in [1.54, 1.807) is 30.5 Å². The number of rotatable bonds is 5. The van der Waals surface area contributed by atoms with Crippen LogP contribution in [0.2, 0.25) is 0 Å². The van der Waals surface area contributed by atoms with Crippen molar-refractivity contribution < 1.29 is 18.0 Å². The number of allylic oxidation sites excluding steroid dienone is 1. The Morgan fingerprint density at radius 2 is 2.03 bits per heavy atom. The molecular formula is C20H16BrF3N6O. The molecule has 0 saturated carbocycles. The van der Waals surface area contributed by atoms with Gasteiger partial charge in [-0.25, -0.2) is 4.99 Å². The minimum atomic E-state index is -4.61. The summed E-state index contributed by atoms with van der Waals surface area (Å²) in [5.74, 6) is 0. The summed E-state index contributed by atoms with van der Waals surface area (Å²) in [6, 6.07) is 6.79. The van der Waals surface area contributed by atoms with Gasteiger partial charge in [-0.15, -0.1) is 0 Å². The first-order valence-electron chi connectivity index (χ1n) is 9.09. The number of hydrogen-bond acceptors (Lipinski definition) is 5. The molecule has 1 unspecified atom stereocenters. The van der Waals surface area contributed by atoms with E-state index in [-0.39, 0.29) is 11.3 Å². The van der Waals surface area contributed by atoms with E-state index in [9.17, 15) is 18.0 Å². The molecule has 1 atom stereocenters. The number of alkyl halides is 3. The highest BCUT2D eigenvalue weighted by molar-refractivity contribution is 9.10. The Hall–Kier alpha value is -3.34. The van der Waals surface area contributed by atoms with Crippen LogP contribution >= 0.6 is 15.9 Å². The minimum absolute atomic E-state index is 0.210. The van der Waals surface area contributed by atoms with Gasteiger partial charge in [0.1, 0.15) is 0 Å². The van der Waals surface area contributed by atoms with E-state index in [1.165, 1.54) is 6.20 Å². The van der Waals surface area contributed by atoms with Gasteiger partial charge in [-0.1, -0.05) is 6.07 Å². The number of carbonyl (C=O) groups is 1. The Morgan fingerprint density at radius 3 is 2.71 bits per heavy atom. The van der Waals surface area contributed by atoms with Crippen molar-refractivity contribution in [2.75, 3.05) is 10.6 Å². The van der Waals surface area contributed by atoms with Crippen molar-refractivity contribution in [2.45, 2.75) is 19.4 Å². The number of nitrogens with zero attached hydrogens (tertiary/aromatic N) is 2. The van der Waals surface area contributed by atoms with E-state index in [2.05, 4.69) is 46.8 Å². The number of carbonyl (C=O) groups excluding carboxylic acids is 1. The molecule has 4 rings (SSSR count). The van der Waals surface area contributed by atoms with Crippen LogP contribution < -0.4 is 16.0 Å². The van der Waals surface area contributed by atoms with Gasteiger partial charge in [-0.3, -0.25) is 9.78 Å². The molecule has 1 aliphatic heterocycles. The number of benzene rings is 1. The lowest BCUT2D eigenvalue weighted by Crippen LogP contribution is -2.39. The van der Waals surface area contributed by atoms with Crippen molar-refractivity contribution in [1.82, 2.24) is 15.3 Å². The Bertz CT molecular complexity index is 1200. The number of anilines is 2. The zero-order valence-electron chi connectivity index (χ0n) is 16.0. The van der Waals surface area contributed by atoms with Crippen LogP contribution in [-0.2, 0) is 4.79 Å². The molecule has 1 amide bonds. The van der Waals surface area contributed by atoms with Crippen LogP contribution in [0.5, 0.6) is 0 Å². The van der Waals surface area contributed by atoms with Gasteiger partial charge < -0.3 is 20.9 Å². The average molecular weight is 493 g/mol. The SMILES string of the molecule is Cc1ccc(NC2N=C(c3c[nH]c4c(Br)c(NC=O)ccc34)C(C(F)(F)F)=CN2)cn1. The van der Waals surface area contributed by atoms with Crippen molar-refractivity contribution in [3.05, 3.63) is 64.2 Å². The average Bonchev–Trinajstić information content (AvgIpc) is 3.16. The second kappa shape index (κ2) is 8.06. The second-order valence-corrected chi connectivity index (χ2v) is 7.54. The molecule has 2 aromatic heterocycles. The zero-order valence-corrected chi connectivity index (χ0v) is 17.6. The van der Waals surface area contributed by atoms with Crippen LogP contribution in [0.1, 0.15) is 11.3 Å². The molecular weight excluding hydrogens is 477 g/mol. The molecule has 31 heavy (non-hydrogen) atoms. The van der Waals surface area contributed by atoms with Crippen molar-refractivity contribution in [3.8, 4) is 0 Å². The molecule has 0 fully saturated rings. The van der Waals surface area contributed by atoms with Crippen LogP contribution in [-0.4, -0.2) is 34.6 Å². The van der Waals surface area contributed by atoms with Crippen LogP contribution in [0.25, 0.3) is 10.9 Å². The molecule has 1 aliphatic rings. The first kappa shape index (κ1) is 20.9. The Kier molecular flexibility index (Phi) is 5.44. The van der Waals surface area contributed by atoms with E-state index >= 15 is 0 Å². The molecule has 0 radical (unpaired) electrons. The molecule has 7 nitrogen and oxygen atoms in total. The van der Waals surface area contributed by atoms with Gasteiger partial charge >= 0.3 is 6.18 Å². The lowest BCUT2D eigenvalue weighted by Gasteiger charge is -2.25. The summed E-state index contributed by atoms with van der Waals surface area (Å²) in [5.41, 5.74) is 1.64. The molecule has 0 bridgehead atoms. The maximum atomic E-state index is 13.7. The second-order valence-electron chi connectivity index (χ2n) is 6.75. The van der Waals surface area contributed by atoms with Crippen molar-refractivity contribution >= 4 is 50.3 Å². The Morgan fingerprint density at radius 1 is 1.23 bits per heavy atom. The fourth-order valence-electron chi connectivity index (χ4n) is 3.22. The maximum absolute atomic E-state index is 13.7. The molecule has 0 spiro atoms. The summed E-state index contributed by atoms with van der Waals surface area (Å²) < 4.78 is 41.7. The van der Waals surface area contributed by atoms with Crippen molar-refractivity contribution in [3.63, 3.8) is 0 Å². The Labute approximate surface area is 183 Å². The van der Waals surface area contributed by atoms with Crippen LogP contribution in [0, 0.1) is 6.92 Å². The molecule has 0 aliphatic carbocycles. The summed E-state index contributed by atoms with van der Waals surface area (Å²) in [5, 5.41) is 8.71. The number of nitrogens with one attached hydrogen (secondary N) is 4. The standard InChI is InChI=1S/C20H16BrF3N6O/c1-10-2-3-11(6-25-10)29-19-27-8-14(20(22,23)24)17(30-19)13-7-26-18-12(13)4-5-15(16(18)21)28-9-31/h2-9,19,26-27,29H,1H3,(H,28,31). The molecule has 160 valence electrons. The zero-order chi connectivity index (χ0) is 22.2. The number of hydrogen-bond donors (Lipinski definition) is 4. The van der Waals surface area contributed by atoms with Gasteiger partial charge in [0.15, 0.2) is 6.29 Å². The quantitative estimate of drug-likeness (QED) is 0.396. The van der Waals surface area contributed by atoms with E-state index in [0.29, 0.717) is 33.2 Å². The number of amides is 1. The number of aliphatic imine (C=N–C) groups is 1. The summed E-state index contributed by atoms with van der Waals surface area (Å²) >= 11 is 3.38. The van der Waals surface area contributed by atoms with E-state index < -0.39 is 18.0 Å². The number of halogens is 4. The fraction of sp³-hybridized carbons (Fsp3) is 0.150. The number of pyridine rings is 1. The highest BCUT2D eigenvalue weighted by atomic mass is 79.9. The molecule has 1 aromatic carbocycles. The highest BCUT2D eigenvalue weighted by Gasteiger charge is 2.40. The highest BCUT2D eigenvalue weighted by Crippen LogP contribution is 2.36. The number of aryl methyl sites for hydroxylation is 1. The third-order valence-electron chi connectivity index (χ3n) is 4.68. The molecule has 11 heteroatoms. The van der Waals surface area contributed by atoms with Crippen LogP contribution in [0.3, 0.4) is 0 Å². The van der Waals surface area contributed by atoms with E-state index in [1.807, 2.05) is 6.92 Å². The predicted octanol–water partition coefficient (Wildman–Crippen LogP) is 4.44.